The van der Waals surface area contributed by atoms with E-state index in [0.717, 1.165) is 27.5 Å². The van der Waals surface area contributed by atoms with Crippen molar-refractivity contribution in [3.05, 3.63) is 81.1 Å². The molecule has 1 aromatic heterocycles. The number of thioether (sulfide) groups is 1. The molecule has 29 heavy (non-hydrogen) atoms. The number of aromatic nitrogens is 1. The van der Waals surface area contributed by atoms with Gasteiger partial charge in [0.2, 0.25) is 5.91 Å². The molecule has 0 saturated heterocycles. The largest absolute Gasteiger partial charge is 0.316 e. The van der Waals surface area contributed by atoms with Crippen molar-refractivity contribution < 1.29 is 4.79 Å². The SMILES string of the molecule is Cc1ccc(SCC(=O)N/N=C\c2cc(C)n(-c3ccc(Cl)cc3Cl)c2C)cc1. The average Bonchev–Trinajstić information content (AvgIpc) is 2.95. The highest BCUT2D eigenvalue weighted by Gasteiger charge is 2.12. The van der Waals surface area contributed by atoms with Gasteiger partial charge in [-0.15, -0.1) is 11.8 Å². The second kappa shape index (κ2) is 9.53. The van der Waals surface area contributed by atoms with Gasteiger partial charge in [0.05, 0.1) is 22.7 Å². The number of halogens is 2. The van der Waals surface area contributed by atoms with Crippen molar-refractivity contribution in [2.45, 2.75) is 25.7 Å². The highest BCUT2D eigenvalue weighted by Crippen LogP contribution is 2.28. The molecule has 150 valence electrons. The quantitative estimate of drug-likeness (QED) is 0.289. The van der Waals surface area contributed by atoms with Crippen molar-refractivity contribution in [2.75, 3.05) is 5.75 Å². The molecule has 4 nitrogen and oxygen atoms in total. The zero-order chi connectivity index (χ0) is 21.0. The molecular weight excluding hydrogens is 425 g/mol. The Balaban J connectivity index is 1.65. The predicted molar refractivity (Wildman–Crippen MR) is 123 cm³/mol. The number of carbonyl (C=O) groups excluding carboxylic acids is 1. The maximum atomic E-state index is 12.0. The van der Waals surface area contributed by atoms with Crippen LogP contribution in [0.1, 0.15) is 22.5 Å². The number of carbonyl (C=O) groups is 1. The summed E-state index contributed by atoms with van der Waals surface area (Å²) in [6, 6.07) is 15.5. The Labute approximate surface area is 184 Å². The summed E-state index contributed by atoms with van der Waals surface area (Å²) < 4.78 is 2.04. The Hall–Kier alpha value is -2.21. The van der Waals surface area contributed by atoms with E-state index in [1.54, 1.807) is 18.3 Å². The third-order valence-corrected chi connectivity index (χ3v) is 5.95. The third-order valence-electron chi connectivity index (χ3n) is 4.40. The molecule has 3 rings (SSSR count). The molecule has 0 aliphatic heterocycles. The Morgan fingerprint density at radius 1 is 1.10 bits per heavy atom. The smallest absolute Gasteiger partial charge is 0.250 e. The van der Waals surface area contributed by atoms with Crippen molar-refractivity contribution >= 4 is 47.1 Å². The topological polar surface area (TPSA) is 46.4 Å². The molecule has 0 saturated carbocycles. The molecular formula is C22H21Cl2N3OS. The van der Waals surface area contributed by atoms with Crippen LogP contribution in [0, 0.1) is 20.8 Å². The first-order chi connectivity index (χ1) is 13.8. The van der Waals surface area contributed by atoms with Gasteiger partial charge in [0.25, 0.3) is 0 Å². The van der Waals surface area contributed by atoms with Gasteiger partial charge in [-0.3, -0.25) is 4.79 Å². The Morgan fingerprint density at radius 2 is 1.83 bits per heavy atom. The molecule has 1 amide bonds. The summed E-state index contributed by atoms with van der Waals surface area (Å²) in [4.78, 5) is 13.1. The Morgan fingerprint density at radius 3 is 2.52 bits per heavy atom. The third kappa shape index (κ3) is 5.44. The first-order valence-corrected chi connectivity index (χ1v) is 10.7. The number of nitrogens with zero attached hydrogens (tertiary/aromatic N) is 2. The summed E-state index contributed by atoms with van der Waals surface area (Å²) in [6.07, 6.45) is 1.65. The molecule has 0 bridgehead atoms. The molecule has 0 atom stereocenters. The van der Waals surface area contributed by atoms with Crippen molar-refractivity contribution in [2.24, 2.45) is 5.10 Å². The molecule has 1 heterocycles. The lowest BCUT2D eigenvalue weighted by atomic mass is 10.2. The fraction of sp³-hybridized carbons (Fsp3) is 0.182. The Kier molecular flexibility index (Phi) is 7.06. The van der Waals surface area contributed by atoms with Crippen LogP contribution in [0.2, 0.25) is 10.0 Å². The van der Waals surface area contributed by atoms with Crippen molar-refractivity contribution in [3.63, 3.8) is 0 Å². The van der Waals surface area contributed by atoms with Gasteiger partial charge in [-0.1, -0.05) is 40.9 Å². The molecule has 7 heteroatoms. The zero-order valence-corrected chi connectivity index (χ0v) is 18.7. The predicted octanol–water partition coefficient (Wildman–Crippen LogP) is 5.95. The zero-order valence-electron chi connectivity index (χ0n) is 16.4. The van der Waals surface area contributed by atoms with E-state index >= 15 is 0 Å². The number of hydrogen-bond donors (Lipinski definition) is 1. The van der Waals surface area contributed by atoms with Crippen LogP contribution in [-0.4, -0.2) is 22.4 Å². The minimum absolute atomic E-state index is 0.152. The molecule has 3 aromatic rings. The van der Waals surface area contributed by atoms with Crippen LogP contribution in [0.25, 0.3) is 5.69 Å². The van der Waals surface area contributed by atoms with E-state index in [4.69, 9.17) is 23.2 Å². The number of aryl methyl sites for hydroxylation is 2. The van der Waals surface area contributed by atoms with Crippen molar-refractivity contribution in [1.82, 2.24) is 9.99 Å². The molecule has 0 fully saturated rings. The lowest BCUT2D eigenvalue weighted by molar-refractivity contribution is -0.118. The van der Waals surface area contributed by atoms with Gasteiger partial charge in [-0.25, -0.2) is 5.43 Å². The van der Waals surface area contributed by atoms with Crippen LogP contribution in [0.3, 0.4) is 0 Å². The molecule has 0 unspecified atom stereocenters. The molecule has 0 spiro atoms. The number of benzene rings is 2. The number of hydrogen-bond acceptors (Lipinski definition) is 3. The first-order valence-electron chi connectivity index (χ1n) is 9.01. The molecule has 0 aliphatic rings. The normalized spacial score (nSPS) is 11.2. The highest BCUT2D eigenvalue weighted by atomic mass is 35.5. The average molecular weight is 446 g/mol. The van der Waals surface area contributed by atoms with Crippen molar-refractivity contribution in [3.8, 4) is 5.69 Å². The van der Waals surface area contributed by atoms with Gasteiger partial charge in [0, 0.05) is 26.9 Å². The van der Waals surface area contributed by atoms with Gasteiger partial charge < -0.3 is 4.57 Å². The minimum atomic E-state index is -0.152. The summed E-state index contributed by atoms with van der Waals surface area (Å²) in [7, 11) is 0. The molecule has 2 aromatic carbocycles. The van der Waals surface area contributed by atoms with E-state index < -0.39 is 0 Å². The molecule has 0 radical (unpaired) electrons. The first kappa shape index (κ1) is 21.5. The second-order valence-electron chi connectivity index (χ2n) is 6.65. The van der Waals surface area contributed by atoms with Gasteiger partial charge >= 0.3 is 0 Å². The molecule has 0 aliphatic carbocycles. The highest BCUT2D eigenvalue weighted by molar-refractivity contribution is 8.00. The fourth-order valence-electron chi connectivity index (χ4n) is 2.94. The summed E-state index contributed by atoms with van der Waals surface area (Å²) in [5, 5.41) is 5.27. The van der Waals surface area contributed by atoms with E-state index in [-0.39, 0.29) is 5.91 Å². The van der Waals surface area contributed by atoms with Gasteiger partial charge in [0.15, 0.2) is 0 Å². The number of nitrogens with one attached hydrogen (secondary N) is 1. The van der Waals surface area contributed by atoms with E-state index in [2.05, 4.69) is 10.5 Å². The minimum Gasteiger partial charge on any atom is -0.316 e. The van der Waals surface area contributed by atoms with E-state index in [0.29, 0.717) is 15.8 Å². The van der Waals surface area contributed by atoms with E-state index in [1.165, 1.54) is 17.3 Å². The maximum Gasteiger partial charge on any atom is 0.250 e. The lowest BCUT2D eigenvalue weighted by Gasteiger charge is -2.11. The Bertz CT molecular complexity index is 1060. The van der Waals surface area contributed by atoms with Crippen LogP contribution in [0.15, 0.2) is 58.5 Å². The summed E-state index contributed by atoms with van der Waals surface area (Å²) in [5.41, 5.74) is 7.51. The summed E-state index contributed by atoms with van der Waals surface area (Å²) >= 11 is 13.8. The molecule has 1 N–H and O–H groups in total. The maximum absolute atomic E-state index is 12.0. The second-order valence-corrected chi connectivity index (χ2v) is 8.54. The standard InChI is InChI=1S/C22H21Cl2N3OS/c1-14-4-7-19(8-5-14)29-13-22(28)26-25-12-17-10-15(2)27(16(17)3)21-9-6-18(23)11-20(21)24/h4-12H,13H2,1-3H3,(H,26,28)/b25-12-. The van der Waals surface area contributed by atoms with Gasteiger partial charge in [-0.2, -0.15) is 5.10 Å². The van der Waals surface area contributed by atoms with Crippen LogP contribution in [0.5, 0.6) is 0 Å². The van der Waals surface area contributed by atoms with Gasteiger partial charge in [-0.05, 0) is 57.2 Å². The van der Waals surface area contributed by atoms with Crippen LogP contribution < -0.4 is 5.43 Å². The number of hydrazone groups is 1. The number of rotatable bonds is 6. The van der Waals surface area contributed by atoms with E-state index in [1.807, 2.05) is 61.7 Å². The van der Waals surface area contributed by atoms with Crippen LogP contribution in [0.4, 0.5) is 0 Å². The monoisotopic (exact) mass is 445 g/mol. The van der Waals surface area contributed by atoms with Gasteiger partial charge in [0.1, 0.15) is 0 Å². The summed E-state index contributed by atoms with van der Waals surface area (Å²) in [6.45, 7) is 6.01. The fourth-order valence-corrected chi connectivity index (χ4v) is 4.12. The number of amides is 1. The summed E-state index contributed by atoms with van der Waals surface area (Å²) in [5.74, 6) is 0.154. The lowest BCUT2D eigenvalue weighted by Crippen LogP contribution is -2.19. The van der Waals surface area contributed by atoms with Crippen molar-refractivity contribution in [1.29, 1.82) is 0 Å². The van der Waals surface area contributed by atoms with Crippen LogP contribution in [-0.2, 0) is 4.79 Å². The van der Waals surface area contributed by atoms with E-state index in [9.17, 15) is 4.79 Å². The van der Waals surface area contributed by atoms with Crippen LogP contribution >= 0.6 is 35.0 Å².